The van der Waals surface area contributed by atoms with Gasteiger partial charge in [0.2, 0.25) is 5.82 Å². The van der Waals surface area contributed by atoms with Gasteiger partial charge in [0.05, 0.1) is 24.8 Å². The van der Waals surface area contributed by atoms with Crippen molar-refractivity contribution in [2.24, 2.45) is 0 Å². The highest BCUT2D eigenvalue weighted by Crippen LogP contribution is 2.36. The van der Waals surface area contributed by atoms with Gasteiger partial charge in [-0.15, -0.1) is 11.3 Å². The SMILES string of the molecule is CCOC(=O)c1nc(Nc2ccccc2OC)c2c(C)c(C)sc2n1. The molecule has 3 aromatic rings. The normalized spacial score (nSPS) is 10.7. The Morgan fingerprint density at radius 2 is 2.00 bits per heavy atom. The third-order valence-corrected chi connectivity index (χ3v) is 4.95. The van der Waals surface area contributed by atoms with Gasteiger partial charge < -0.3 is 14.8 Å². The maximum absolute atomic E-state index is 12.1. The minimum atomic E-state index is -0.531. The molecule has 0 saturated carbocycles. The van der Waals surface area contributed by atoms with Crippen LogP contribution in [0.15, 0.2) is 24.3 Å². The predicted molar refractivity (Wildman–Crippen MR) is 99.1 cm³/mol. The van der Waals surface area contributed by atoms with E-state index in [0.717, 1.165) is 26.3 Å². The lowest BCUT2D eigenvalue weighted by atomic mass is 10.2. The van der Waals surface area contributed by atoms with E-state index in [1.165, 1.54) is 11.3 Å². The van der Waals surface area contributed by atoms with Gasteiger partial charge in [-0.3, -0.25) is 0 Å². The highest BCUT2D eigenvalue weighted by Gasteiger charge is 2.19. The summed E-state index contributed by atoms with van der Waals surface area (Å²) < 4.78 is 10.4. The smallest absolute Gasteiger partial charge is 0.376 e. The summed E-state index contributed by atoms with van der Waals surface area (Å²) in [7, 11) is 1.61. The van der Waals surface area contributed by atoms with Crippen LogP contribution in [0.1, 0.15) is 28.0 Å². The molecule has 0 aliphatic carbocycles. The number of methoxy groups -OCH3 is 1. The second-order valence-corrected chi connectivity index (χ2v) is 6.61. The zero-order chi connectivity index (χ0) is 18.0. The van der Waals surface area contributed by atoms with E-state index in [1.807, 2.05) is 38.1 Å². The summed E-state index contributed by atoms with van der Waals surface area (Å²) in [6.07, 6.45) is 0. The molecule has 0 fully saturated rings. The fourth-order valence-electron chi connectivity index (χ4n) is 2.50. The van der Waals surface area contributed by atoms with Crippen LogP contribution in [-0.2, 0) is 4.74 Å². The quantitative estimate of drug-likeness (QED) is 0.689. The van der Waals surface area contributed by atoms with Crippen molar-refractivity contribution in [2.75, 3.05) is 19.0 Å². The van der Waals surface area contributed by atoms with Crippen LogP contribution in [0.2, 0.25) is 0 Å². The lowest BCUT2D eigenvalue weighted by Gasteiger charge is -2.12. The first-order valence-electron chi connectivity index (χ1n) is 7.90. The molecule has 130 valence electrons. The molecule has 0 amide bonds. The summed E-state index contributed by atoms with van der Waals surface area (Å²) >= 11 is 1.53. The zero-order valence-corrected chi connectivity index (χ0v) is 15.4. The average Bonchev–Trinajstić information content (AvgIpc) is 2.90. The predicted octanol–water partition coefficient (Wildman–Crippen LogP) is 4.24. The number of carbonyl (C=O) groups excluding carboxylic acids is 1. The molecule has 7 heteroatoms. The van der Waals surface area contributed by atoms with Gasteiger partial charge in [0.15, 0.2) is 0 Å². The van der Waals surface area contributed by atoms with Gasteiger partial charge in [0.1, 0.15) is 16.4 Å². The fraction of sp³-hybridized carbons (Fsp3) is 0.278. The van der Waals surface area contributed by atoms with Crippen molar-refractivity contribution in [2.45, 2.75) is 20.8 Å². The molecule has 2 heterocycles. The van der Waals surface area contributed by atoms with E-state index in [1.54, 1.807) is 14.0 Å². The maximum Gasteiger partial charge on any atom is 0.376 e. The molecule has 1 N–H and O–H groups in total. The number of aromatic nitrogens is 2. The highest BCUT2D eigenvalue weighted by atomic mass is 32.1. The first kappa shape index (κ1) is 17.2. The molecule has 0 aliphatic rings. The first-order valence-corrected chi connectivity index (χ1v) is 8.71. The standard InChI is InChI=1S/C18H19N3O3S/c1-5-24-18(22)16-20-15(14-10(2)11(3)25-17(14)21-16)19-12-8-6-7-9-13(12)23-4/h6-9H,5H2,1-4H3,(H,19,20,21). The lowest BCUT2D eigenvalue weighted by Crippen LogP contribution is -2.11. The Morgan fingerprint density at radius 3 is 2.72 bits per heavy atom. The molecule has 6 nitrogen and oxygen atoms in total. The third kappa shape index (κ3) is 3.28. The number of thiophene rings is 1. The topological polar surface area (TPSA) is 73.3 Å². The molecule has 0 unspecified atom stereocenters. The van der Waals surface area contributed by atoms with Crippen molar-refractivity contribution in [3.8, 4) is 5.75 Å². The average molecular weight is 357 g/mol. The summed E-state index contributed by atoms with van der Waals surface area (Å²) in [5.74, 6) is 0.778. The Hall–Kier alpha value is -2.67. The van der Waals surface area contributed by atoms with Crippen molar-refractivity contribution in [3.05, 3.63) is 40.5 Å². The second-order valence-electron chi connectivity index (χ2n) is 5.40. The molecular weight excluding hydrogens is 338 g/mol. The second kappa shape index (κ2) is 7.06. The molecule has 0 aliphatic heterocycles. The number of nitrogens with zero attached hydrogens (tertiary/aromatic N) is 2. The Kier molecular flexibility index (Phi) is 4.85. The van der Waals surface area contributed by atoms with Gasteiger partial charge in [0, 0.05) is 4.88 Å². The number of carbonyl (C=O) groups is 1. The molecule has 0 radical (unpaired) electrons. The third-order valence-electron chi connectivity index (χ3n) is 3.85. The van der Waals surface area contributed by atoms with Gasteiger partial charge in [-0.05, 0) is 38.5 Å². The number of hydrogen-bond donors (Lipinski definition) is 1. The van der Waals surface area contributed by atoms with Gasteiger partial charge in [-0.25, -0.2) is 14.8 Å². The lowest BCUT2D eigenvalue weighted by molar-refractivity contribution is 0.0512. The molecule has 0 atom stereocenters. The molecule has 2 aromatic heterocycles. The summed E-state index contributed by atoms with van der Waals surface area (Å²) in [6.45, 7) is 6.08. The minimum absolute atomic E-state index is 0.0491. The van der Waals surface area contributed by atoms with Crippen LogP contribution in [0.4, 0.5) is 11.5 Å². The van der Waals surface area contributed by atoms with E-state index in [-0.39, 0.29) is 12.4 Å². The number of nitrogens with one attached hydrogen (secondary N) is 1. The van der Waals surface area contributed by atoms with E-state index in [2.05, 4.69) is 15.3 Å². The van der Waals surface area contributed by atoms with Gasteiger partial charge in [0.25, 0.3) is 0 Å². The molecule has 1 aromatic carbocycles. The van der Waals surface area contributed by atoms with Crippen molar-refractivity contribution in [1.29, 1.82) is 0 Å². The summed E-state index contributed by atoms with van der Waals surface area (Å²) in [6, 6.07) is 7.55. The van der Waals surface area contributed by atoms with Crippen LogP contribution in [-0.4, -0.2) is 29.7 Å². The molecule has 25 heavy (non-hydrogen) atoms. The van der Waals surface area contributed by atoms with Crippen LogP contribution in [0.5, 0.6) is 5.75 Å². The highest BCUT2D eigenvalue weighted by molar-refractivity contribution is 7.18. The largest absolute Gasteiger partial charge is 0.495 e. The minimum Gasteiger partial charge on any atom is -0.495 e. The first-order chi connectivity index (χ1) is 12.0. The Bertz CT molecular complexity index is 937. The van der Waals surface area contributed by atoms with E-state index in [9.17, 15) is 4.79 Å². The number of rotatable bonds is 5. The number of para-hydroxylation sites is 2. The van der Waals surface area contributed by atoms with Crippen molar-refractivity contribution < 1.29 is 14.3 Å². The van der Waals surface area contributed by atoms with Crippen molar-refractivity contribution >= 4 is 39.0 Å². The monoisotopic (exact) mass is 357 g/mol. The van der Waals surface area contributed by atoms with Gasteiger partial charge in [-0.1, -0.05) is 12.1 Å². The Balaban J connectivity index is 2.15. The molecule has 0 spiro atoms. The summed E-state index contributed by atoms with van der Waals surface area (Å²) in [5, 5.41) is 4.18. The van der Waals surface area contributed by atoms with E-state index in [4.69, 9.17) is 9.47 Å². The van der Waals surface area contributed by atoms with Gasteiger partial charge in [-0.2, -0.15) is 0 Å². The Morgan fingerprint density at radius 1 is 1.24 bits per heavy atom. The number of benzene rings is 1. The molecule has 0 saturated heterocycles. The summed E-state index contributed by atoms with van der Waals surface area (Å²) in [5.41, 5.74) is 1.86. The van der Waals surface area contributed by atoms with Gasteiger partial charge >= 0.3 is 5.97 Å². The zero-order valence-electron chi connectivity index (χ0n) is 14.5. The number of ether oxygens (including phenoxy) is 2. The number of fused-ring (bicyclic) bond motifs is 1. The van der Waals surface area contributed by atoms with Crippen molar-refractivity contribution in [1.82, 2.24) is 9.97 Å². The van der Waals surface area contributed by atoms with Crippen LogP contribution >= 0.6 is 11.3 Å². The molecular formula is C18H19N3O3S. The molecule has 3 rings (SSSR count). The fourth-order valence-corrected chi connectivity index (χ4v) is 3.53. The van der Waals surface area contributed by atoms with Crippen LogP contribution < -0.4 is 10.1 Å². The Labute approximate surface area is 149 Å². The number of anilines is 2. The molecule has 0 bridgehead atoms. The van der Waals surface area contributed by atoms with E-state index < -0.39 is 5.97 Å². The van der Waals surface area contributed by atoms with Crippen LogP contribution in [0, 0.1) is 13.8 Å². The van der Waals surface area contributed by atoms with Crippen molar-refractivity contribution in [3.63, 3.8) is 0 Å². The van der Waals surface area contributed by atoms with E-state index >= 15 is 0 Å². The number of hydrogen-bond acceptors (Lipinski definition) is 7. The maximum atomic E-state index is 12.1. The van der Waals surface area contributed by atoms with Crippen LogP contribution in [0.25, 0.3) is 10.2 Å². The number of esters is 1. The van der Waals surface area contributed by atoms with E-state index in [0.29, 0.717) is 11.6 Å². The summed E-state index contributed by atoms with van der Waals surface area (Å²) in [4.78, 5) is 22.8. The van der Waals surface area contributed by atoms with Crippen LogP contribution in [0.3, 0.4) is 0 Å². The number of aryl methyl sites for hydroxylation is 2.